The standard InChI is InChI=1S/C11H18O2/c1-4-6-7-8-9-11(5-2)13-10(3)12/h4-5,11H,1-2,6-9H2,3H3. The average molecular weight is 182 g/mol. The van der Waals surface area contributed by atoms with E-state index >= 15 is 0 Å². The molecule has 0 aliphatic rings. The molecule has 0 bridgehead atoms. The third-order valence-electron chi connectivity index (χ3n) is 1.73. The number of esters is 1. The molecule has 0 N–H and O–H groups in total. The maximum atomic E-state index is 10.6. The first-order chi connectivity index (χ1) is 6.20. The minimum absolute atomic E-state index is 0.123. The first kappa shape index (κ1) is 11.9. The van der Waals surface area contributed by atoms with E-state index in [1.54, 1.807) is 6.08 Å². The number of unbranched alkanes of at least 4 members (excludes halogenated alkanes) is 2. The Morgan fingerprint density at radius 3 is 2.62 bits per heavy atom. The quantitative estimate of drug-likeness (QED) is 0.344. The van der Waals surface area contributed by atoms with Crippen LogP contribution in [-0.2, 0) is 9.53 Å². The van der Waals surface area contributed by atoms with Crippen molar-refractivity contribution in [2.45, 2.75) is 38.7 Å². The van der Waals surface area contributed by atoms with Gasteiger partial charge in [-0.05, 0) is 25.7 Å². The van der Waals surface area contributed by atoms with Crippen LogP contribution < -0.4 is 0 Å². The Morgan fingerprint density at radius 1 is 1.46 bits per heavy atom. The van der Waals surface area contributed by atoms with Gasteiger partial charge in [-0.15, -0.1) is 6.58 Å². The van der Waals surface area contributed by atoms with Crippen molar-refractivity contribution in [3.63, 3.8) is 0 Å². The lowest BCUT2D eigenvalue weighted by Crippen LogP contribution is -2.12. The molecule has 1 unspecified atom stereocenters. The Labute approximate surface area is 80.3 Å². The van der Waals surface area contributed by atoms with Gasteiger partial charge >= 0.3 is 5.97 Å². The zero-order valence-electron chi connectivity index (χ0n) is 8.29. The van der Waals surface area contributed by atoms with E-state index in [-0.39, 0.29) is 12.1 Å². The Bertz CT molecular complexity index is 173. The van der Waals surface area contributed by atoms with Gasteiger partial charge in [0.05, 0.1) is 0 Å². The summed E-state index contributed by atoms with van der Waals surface area (Å²) < 4.78 is 5.00. The number of hydrogen-bond acceptors (Lipinski definition) is 2. The molecule has 0 aromatic heterocycles. The van der Waals surface area contributed by atoms with Crippen LogP contribution >= 0.6 is 0 Å². The minimum atomic E-state index is -0.242. The molecule has 0 amide bonds. The van der Waals surface area contributed by atoms with Crippen molar-refractivity contribution in [3.8, 4) is 0 Å². The zero-order chi connectivity index (χ0) is 10.1. The molecular weight excluding hydrogens is 164 g/mol. The molecule has 0 aliphatic carbocycles. The maximum Gasteiger partial charge on any atom is 0.303 e. The monoisotopic (exact) mass is 182 g/mol. The van der Waals surface area contributed by atoms with Gasteiger partial charge in [0.15, 0.2) is 0 Å². The van der Waals surface area contributed by atoms with E-state index in [4.69, 9.17) is 4.74 Å². The molecule has 0 spiro atoms. The van der Waals surface area contributed by atoms with Crippen LogP contribution in [0.5, 0.6) is 0 Å². The van der Waals surface area contributed by atoms with Crippen molar-refractivity contribution in [2.75, 3.05) is 0 Å². The summed E-state index contributed by atoms with van der Waals surface area (Å²) in [6.45, 7) is 8.67. The van der Waals surface area contributed by atoms with Gasteiger partial charge < -0.3 is 4.74 Å². The average Bonchev–Trinajstić information content (AvgIpc) is 2.09. The lowest BCUT2D eigenvalue weighted by atomic mass is 10.1. The van der Waals surface area contributed by atoms with Crippen LogP contribution in [0.2, 0.25) is 0 Å². The molecule has 0 rings (SSSR count). The number of rotatable bonds is 7. The van der Waals surface area contributed by atoms with Gasteiger partial charge in [-0.1, -0.05) is 18.7 Å². The van der Waals surface area contributed by atoms with Crippen molar-refractivity contribution in [3.05, 3.63) is 25.3 Å². The largest absolute Gasteiger partial charge is 0.458 e. The zero-order valence-corrected chi connectivity index (χ0v) is 8.29. The van der Waals surface area contributed by atoms with Crippen LogP contribution in [0.15, 0.2) is 25.3 Å². The number of allylic oxidation sites excluding steroid dienone is 1. The van der Waals surface area contributed by atoms with Gasteiger partial charge in [0.25, 0.3) is 0 Å². The van der Waals surface area contributed by atoms with Gasteiger partial charge in [-0.2, -0.15) is 0 Å². The van der Waals surface area contributed by atoms with E-state index in [1.165, 1.54) is 6.92 Å². The minimum Gasteiger partial charge on any atom is -0.458 e. The Kier molecular flexibility index (Phi) is 6.98. The summed E-state index contributed by atoms with van der Waals surface area (Å²) >= 11 is 0. The highest BCUT2D eigenvalue weighted by Crippen LogP contribution is 2.08. The SMILES string of the molecule is C=CCCCCC(C=C)OC(C)=O. The van der Waals surface area contributed by atoms with Crippen LogP contribution in [0.1, 0.15) is 32.6 Å². The summed E-state index contributed by atoms with van der Waals surface area (Å²) in [5, 5.41) is 0. The Hall–Kier alpha value is -1.05. The van der Waals surface area contributed by atoms with Gasteiger partial charge in [0, 0.05) is 6.92 Å². The topological polar surface area (TPSA) is 26.3 Å². The predicted molar refractivity (Wildman–Crippen MR) is 54.4 cm³/mol. The van der Waals surface area contributed by atoms with Gasteiger partial charge in [-0.25, -0.2) is 0 Å². The number of ether oxygens (including phenoxy) is 1. The van der Waals surface area contributed by atoms with Crippen LogP contribution in [0.4, 0.5) is 0 Å². The highest BCUT2D eigenvalue weighted by atomic mass is 16.5. The molecule has 0 saturated carbocycles. The molecule has 0 radical (unpaired) electrons. The molecule has 2 nitrogen and oxygen atoms in total. The highest BCUT2D eigenvalue weighted by molar-refractivity contribution is 5.66. The van der Waals surface area contributed by atoms with Gasteiger partial charge in [0.1, 0.15) is 6.10 Å². The maximum absolute atomic E-state index is 10.6. The highest BCUT2D eigenvalue weighted by Gasteiger charge is 2.05. The lowest BCUT2D eigenvalue weighted by molar-refractivity contribution is -0.144. The van der Waals surface area contributed by atoms with Crippen molar-refractivity contribution < 1.29 is 9.53 Å². The van der Waals surface area contributed by atoms with Crippen LogP contribution in [-0.4, -0.2) is 12.1 Å². The third-order valence-corrected chi connectivity index (χ3v) is 1.73. The van der Waals surface area contributed by atoms with E-state index in [2.05, 4.69) is 13.2 Å². The van der Waals surface area contributed by atoms with Crippen molar-refractivity contribution in [1.82, 2.24) is 0 Å². The fourth-order valence-corrected chi connectivity index (χ4v) is 1.07. The first-order valence-corrected chi connectivity index (χ1v) is 4.61. The molecule has 0 heterocycles. The van der Waals surface area contributed by atoms with E-state index in [9.17, 15) is 4.79 Å². The summed E-state index contributed by atoms with van der Waals surface area (Å²) in [6.07, 6.45) is 7.46. The number of carbonyl (C=O) groups excluding carboxylic acids is 1. The number of hydrogen-bond donors (Lipinski definition) is 0. The molecule has 1 atom stereocenters. The summed E-state index contributed by atoms with van der Waals surface area (Å²) in [6, 6.07) is 0. The van der Waals surface area contributed by atoms with E-state index in [0.717, 1.165) is 25.7 Å². The van der Waals surface area contributed by atoms with Crippen LogP contribution in [0.3, 0.4) is 0 Å². The summed E-state index contributed by atoms with van der Waals surface area (Å²) in [5.74, 6) is -0.242. The van der Waals surface area contributed by atoms with Crippen LogP contribution in [0.25, 0.3) is 0 Å². The smallest absolute Gasteiger partial charge is 0.303 e. The number of carbonyl (C=O) groups is 1. The molecule has 2 heteroatoms. The fraction of sp³-hybridized carbons (Fsp3) is 0.545. The van der Waals surface area contributed by atoms with E-state index in [0.29, 0.717) is 0 Å². The van der Waals surface area contributed by atoms with E-state index < -0.39 is 0 Å². The van der Waals surface area contributed by atoms with Gasteiger partial charge in [0.2, 0.25) is 0 Å². The molecule has 0 aromatic rings. The second-order valence-corrected chi connectivity index (χ2v) is 2.96. The van der Waals surface area contributed by atoms with Crippen molar-refractivity contribution in [1.29, 1.82) is 0 Å². The van der Waals surface area contributed by atoms with Gasteiger partial charge in [-0.3, -0.25) is 4.79 Å². The lowest BCUT2D eigenvalue weighted by Gasteiger charge is -2.11. The third kappa shape index (κ3) is 7.32. The molecular formula is C11H18O2. The summed E-state index contributed by atoms with van der Waals surface area (Å²) in [5.41, 5.74) is 0. The molecule has 74 valence electrons. The summed E-state index contributed by atoms with van der Waals surface area (Å²) in [7, 11) is 0. The predicted octanol–water partition coefficient (Wildman–Crippen LogP) is 2.85. The second-order valence-electron chi connectivity index (χ2n) is 2.96. The molecule has 13 heavy (non-hydrogen) atoms. The fourth-order valence-electron chi connectivity index (χ4n) is 1.07. The normalized spacial score (nSPS) is 11.8. The van der Waals surface area contributed by atoms with E-state index in [1.807, 2.05) is 6.08 Å². The first-order valence-electron chi connectivity index (χ1n) is 4.61. The van der Waals surface area contributed by atoms with Crippen molar-refractivity contribution in [2.24, 2.45) is 0 Å². The van der Waals surface area contributed by atoms with Crippen molar-refractivity contribution >= 4 is 5.97 Å². The summed E-state index contributed by atoms with van der Waals surface area (Å²) in [4.78, 5) is 10.6. The van der Waals surface area contributed by atoms with Crippen LogP contribution in [0, 0.1) is 0 Å². The second kappa shape index (κ2) is 7.59. The Balaban J connectivity index is 3.53. The molecule has 0 aliphatic heterocycles. The Morgan fingerprint density at radius 2 is 2.15 bits per heavy atom. The molecule has 0 fully saturated rings. The molecule has 0 saturated heterocycles. The molecule has 0 aromatic carbocycles.